The summed E-state index contributed by atoms with van der Waals surface area (Å²) in [6.45, 7) is 1.89. The fourth-order valence-corrected chi connectivity index (χ4v) is 1.00. The van der Waals surface area contributed by atoms with E-state index >= 15 is 0 Å². The molecule has 0 atom stereocenters. The molecule has 0 amide bonds. The number of aryl methyl sites for hydroxylation is 1. The fraction of sp³-hybridized carbons (Fsp3) is 0.125. The average Bonchev–Trinajstić information content (AvgIpc) is 2.55. The Kier molecular flexibility index (Phi) is 1.28. The lowest BCUT2D eigenvalue weighted by Crippen LogP contribution is -1.74. The van der Waals surface area contributed by atoms with Crippen LogP contribution in [0, 0.1) is 6.92 Å². The second-order valence-corrected chi connectivity index (χ2v) is 2.28. The number of hydrogen-bond donors (Lipinski definition) is 0. The second-order valence-electron chi connectivity index (χ2n) is 2.28. The van der Waals surface area contributed by atoms with Crippen LogP contribution in [0.2, 0.25) is 0 Å². The van der Waals surface area contributed by atoms with Crippen molar-refractivity contribution in [2.75, 3.05) is 0 Å². The maximum absolute atomic E-state index is 5.11. The van der Waals surface area contributed by atoms with Gasteiger partial charge in [0, 0.05) is 11.6 Å². The van der Waals surface area contributed by atoms with Gasteiger partial charge in [-0.3, -0.25) is 0 Å². The SMILES string of the molecule is Cc1occc1-c1ccon1. The molecule has 11 heavy (non-hydrogen) atoms. The topological polar surface area (TPSA) is 39.2 Å². The molecule has 2 aromatic heterocycles. The molecule has 3 nitrogen and oxygen atoms in total. The second kappa shape index (κ2) is 2.27. The number of furan rings is 1. The van der Waals surface area contributed by atoms with Gasteiger partial charge in [0.05, 0.1) is 6.26 Å². The predicted octanol–water partition coefficient (Wildman–Crippen LogP) is 2.24. The molecular weight excluding hydrogens is 142 g/mol. The van der Waals surface area contributed by atoms with Gasteiger partial charge < -0.3 is 8.94 Å². The molecule has 0 fully saturated rings. The van der Waals surface area contributed by atoms with E-state index in [9.17, 15) is 0 Å². The summed E-state index contributed by atoms with van der Waals surface area (Å²) >= 11 is 0. The van der Waals surface area contributed by atoms with Crippen LogP contribution < -0.4 is 0 Å². The van der Waals surface area contributed by atoms with Gasteiger partial charge in [-0.05, 0) is 13.0 Å². The lowest BCUT2D eigenvalue weighted by atomic mass is 10.2. The minimum absolute atomic E-state index is 0.816. The van der Waals surface area contributed by atoms with E-state index in [2.05, 4.69) is 5.16 Å². The van der Waals surface area contributed by atoms with Crippen LogP contribution in [-0.2, 0) is 0 Å². The Hall–Kier alpha value is -1.51. The summed E-state index contributed by atoms with van der Waals surface area (Å²) in [6.07, 6.45) is 3.18. The lowest BCUT2D eigenvalue weighted by molar-refractivity contribution is 0.422. The first-order valence-electron chi connectivity index (χ1n) is 3.33. The zero-order valence-corrected chi connectivity index (χ0v) is 6.07. The first-order valence-corrected chi connectivity index (χ1v) is 3.33. The zero-order chi connectivity index (χ0) is 7.68. The molecule has 0 aliphatic rings. The summed E-state index contributed by atoms with van der Waals surface area (Å²) in [5.41, 5.74) is 1.80. The summed E-state index contributed by atoms with van der Waals surface area (Å²) in [6, 6.07) is 3.67. The standard InChI is InChI=1S/C8H7NO2/c1-6-7(2-4-10-6)8-3-5-11-9-8/h2-5H,1H3. The van der Waals surface area contributed by atoms with Gasteiger partial charge in [-0.1, -0.05) is 5.16 Å². The van der Waals surface area contributed by atoms with Gasteiger partial charge in [0.1, 0.15) is 17.7 Å². The first-order chi connectivity index (χ1) is 5.38. The summed E-state index contributed by atoms with van der Waals surface area (Å²) in [7, 11) is 0. The van der Waals surface area contributed by atoms with Gasteiger partial charge in [0.2, 0.25) is 0 Å². The average molecular weight is 149 g/mol. The molecular formula is C8H7NO2. The molecule has 0 aliphatic heterocycles. The van der Waals surface area contributed by atoms with E-state index in [-0.39, 0.29) is 0 Å². The van der Waals surface area contributed by atoms with Crippen molar-refractivity contribution in [3.8, 4) is 11.3 Å². The highest BCUT2D eigenvalue weighted by molar-refractivity contribution is 5.59. The normalized spacial score (nSPS) is 10.3. The maximum atomic E-state index is 5.11. The summed E-state index contributed by atoms with van der Waals surface area (Å²) in [5, 5.41) is 3.78. The number of hydrogen-bond acceptors (Lipinski definition) is 3. The van der Waals surface area contributed by atoms with E-state index in [4.69, 9.17) is 8.94 Å². The van der Waals surface area contributed by atoms with E-state index < -0.39 is 0 Å². The zero-order valence-electron chi connectivity index (χ0n) is 6.07. The summed E-state index contributed by atoms with van der Waals surface area (Å²) in [5.74, 6) is 0.860. The van der Waals surface area contributed by atoms with Crippen LogP contribution in [0.5, 0.6) is 0 Å². The quantitative estimate of drug-likeness (QED) is 0.624. The van der Waals surface area contributed by atoms with Crippen LogP contribution >= 0.6 is 0 Å². The summed E-state index contributed by atoms with van der Waals surface area (Å²) < 4.78 is 9.81. The van der Waals surface area contributed by atoms with Crippen LogP contribution in [0.4, 0.5) is 0 Å². The van der Waals surface area contributed by atoms with Crippen LogP contribution in [0.25, 0.3) is 11.3 Å². The van der Waals surface area contributed by atoms with Gasteiger partial charge in [-0.2, -0.15) is 0 Å². The van der Waals surface area contributed by atoms with E-state index in [1.54, 1.807) is 18.6 Å². The molecule has 0 bridgehead atoms. The number of nitrogens with zero attached hydrogens (tertiary/aromatic N) is 1. The van der Waals surface area contributed by atoms with Gasteiger partial charge in [0.15, 0.2) is 0 Å². The van der Waals surface area contributed by atoms with E-state index in [0.29, 0.717) is 0 Å². The number of aromatic nitrogens is 1. The lowest BCUT2D eigenvalue weighted by Gasteiger charge is -1.87. The third-order valence-corrected chi connectivity index (χ3v) is 1.57. The highest BCUT2D eigenvalue weighted by Crippen LogP contribution is 2.21. The molecule has 3 heteroatoms. The maximum Gasteiger partial charge on any atom is 0.124 e. The van der Waals surface area contributed by atoms with Crippen molar-refractivity contribution in [2.45, 2.75) is 6.92 Å². The molecule has 0 radical (unpaired) electrons. The molecule has 2 aromatic rings. The Bertz CT molecular complexity index is 335. The van der Waals surface area contributed by atoms with Crippen LogP contribution in [0.15, 0.2) is 33.6 Å². The predicted molar refractivity (Wildman–Crippen MR) is 38.9 cm³/mol. The van der Waals surface area contributed by atoms with E-state index in [1.807, 2.05) is 13.0 Å². The molecule has 0 saturated carbocycles. The molecule has 0 aromatic carbocycles. The Morgan fingerprint density at radius 2 is 2.18 bits per heavy atom. The van der Waals surface area contributed by atoms with E-state index in [1.165, 1.54) is 0 Å². The molecule has 2 heterocycles. The van der Waals surface area contributed by atoms with Crippen molar-refractivity contribution in [2.24, 2.45) is 0 Å². The van der Waals surface area contributed by atoms with Crippen molar-refractivity contribution in [3.05, 3.63) is 30.4 Å². The van der Waals surface area contributed by atoms with Crippen molar-refractivity contribution >= 4 is 0 Å². The van der Waals surface area contributed by atoms with Crippen molar-refractivity contribution in [3.63, 3.8) is 0 Å². The fourth-order valence-electron chi connectivity index (χ4n) is 1.00. The minimum atomic E-state index is 0.816. The molecule has 0 saturated heterocycles. The largest absolute Gasteiger partial charge is 0.469 e. The Labute approximate surface area is 63.6 Å². The highest BCUT2D eigenvalue weighted by atomic mass is 16.5. The number of rotatable bonds is 1. The molecule has 0 unspecified atom stereocenters. The van der Waals surface area contributed by atoms with E-state index in [0.717, 1.165) is 17.0 Å². The molecule has 0 aliphatic carbocycles. The van der Waals surface area contributed by atoms with Gasteiger partial charge in [0.25, 0.3) is 0 Å². The third-order valence-electron chi connectivity index (χ3n) is 1.57. The van der Waals surface area contributed by atoms with Crippen LogP contribution in [0.1, 0.15) is 5.76 Å². The van der Waals surface area contributed by atoms with Crippen LogP contribution in [0.3, 0.4) is 0 Å². The Balaban J connectivity index is 2.53. The monoisotopic (exact) mass is 149 g/mol. The van der Waals surface area contributed by atoms with Crippen molar-refractivity contribution < 1.29 is 8.94 Å². The van der Waals surface area contributed by atoms with Crippen molar-refractivity contribution in [1.82, 2.24) is 5.16 Å². The highest BCUT2D eigenvalue weighted by Gasteiger charge is 2.05. The minimum Gasteiger partial charge on any atom is -0.469 e. The molecule has 2 rings (SSSR count). The van der Waals surface area contributed by atoms with Crippen molar-refractivity contribution in [1.29, 1.82) is 0 Å². The molecule has 56 valence electrons. The Morgan fingerprint density at radius 1 is 1.27 bits per heavy atom. The first kappa shape index (κ1) is 6.22. The smallest absolute Gasteiger partial charge is 0.124 e. The molecule has 0 spiro atoms. The molecule has 0 N–H and O–H groups in total. The van der Waals surface area contributed by atoms with Crippen LogP contribution in [-0.4, -0.2) is 5.16 Å². The summed E-state index contributed by atoms with van der Waals surface area (Å²) in [4.78, 5) is 0. The van der Waals surface area contributed by atoms with Gasteiger partial charge in [-0.15, -0.1) is 0 Å². The Morgan fingerprint density at radius 3 is 2.73 bits per heavy atom. The van der Waals surface area contributed by atoms with Gasteiger partial charge >= 0.3 is 0 Å². The van der Waals surface area contributed by atoms with Gasteiger partial charge in [-0.25, -0.2) is 0 Å². The third kappa shape index (κ3) is 0.941.